The number of halogens is 1. The monoisotopic (exact) mass is 281 g/mol. The highest BCUT2D eigenvalue weighted by molar-refractivity contribution is 5.95. The Hall–Kier alpha value is -1.66. The first-order chi connectivity index (χ1) is 9.44. The summed E-state index contributed by atoms with van der Waals surface area (Å²) >= 11 is 0. The Labute approximate surface area is 117 Å². The van der Waals surface area contributed by atoms with Crippen molar-refractivity contribution >= 4 is 17.3 Å². The lowest BCUT2D eigenvalue weighted by Crippen LogP contribution is -2.40. The van der Waals surface area contributed by atoms with Crippen molar-refractivity contribution in [3.63, 3.8) is 0 Å². The highest BCUT2D eigenvalue weighted by atomic mass is 19.1. The maximum atomic E-state index is 12.9. The number of hydrogen-bond donors (Lipinski definition) is 3. The van der Waals surface area contributed by atoms with Gasteiger partial charge in [-0.05, 0) is 44.0 Å². The topological polar surface area (TPSA) is 78.6 Å². The number of benzene rings is 1. The molecule has 0 saturated heterocycles. The van der Waals surface area contributed by atoms with E-state index in [1.54, 1.807) is 0 Å². The van der Waals surface area contributed by atoms with E-state index in [0.717, 1.165) is 19.4 Å². The van der Waals surface area contributed by atoms with Crippen molar-refractivity contribution in [2.75, 3.05) is 31.2 Å². The van der Waals surface area contributed by atoms with E-state index in [1.807, 2.05) is 11.9 Å². The molecule has 0 radical (unpaired) electrons. The number of carbonyl (C=O) groups excluding carboxylic acids is 1. The van der Waals surface area contributed by atoms with Crippen LogP contribution in [0.1, 0.15) is 12.8 Å². The van der Waals surface area contributed by atoms with Gasteiger partial charge in [-0.15, -0.1) is 0 Å². The van der Waals surface area contributed by atoms with Gasteiger partial charge in [0, 0.05) is 6.54 Å². The summed E-state index contributed by atoms with van der Waals surface area (Å²) in [7, 11) is 1.86. The molecule has 110 valence electrons. The molecule has 20 heavy (non-hydrogen) atoms. The van der Waals surface area contributed by atoms with Crippen LogP contribution in [0.25, 0.3) is 0 Å². The second-order valence-electron chi connectivity index (χ2n) is 5.47. The molecule has 2 rings (SSSR count). The van der Waals surface area contributed by atoms with Crippen LogP contribution in [0.3, 0.4) is 0 Å². The van der Waals surface area contributed by atoms with Gasteiger partial charge in [0.25, 0.3) is 0 Å². The number of anilines is 2. The van der Waals surface area contributed by atoms with Crippen LogP contribution in [0.5, 0.6) is 0 Å². The number of aliphatic hydroxyl groups is 1. The van der Waals surface area contributed by atoms with E-state index < -0.39 is 5.82 Å². The zero-order valence-corrected chi connectivity index (χ0v) is 11.5. The average molecular weight is 281 g/mol. The van der Waals surface area contributed by atoms with Crippen LogP contribution in [0.4, 0.5) is 15.8 Å². The van der Waals surface area contributed by atoms with E-state index in [1.165, 1.54) is 18.2 Å². The van der Waals surface area contributed by atoms with Crippen LogP contribution < -0.4 is 11.1 Å². The van der Waals surface area contributed by atoms with Crippen LogP contribution in [0, 0.1) is 11.7 Å². The van der Waals surface area contributed by atoms with Crippen LogP contribution >= 0.6 is 0 Å². The minimum absolute atomic E-state index is 0.179. The van der Waals surface area contributed by atoms with Gasteiger partial charge >= 0.3 is 0 Å². The molecule has 0 aliphatic heterocycles. The SMILES string of the molecule is CN(CC(=O)Nc1ccc(F)cc1N)CC1CC(O)C1. The van der Waals surface area contributed by atoms with Gasteiger partial charge in [0.2, 0.25) is 5.91 Å². The first-order valence-corrected chi connectivity index (χ1v) is 6.65. The normalized spacial score (nSPS) is 21.6. The molecule has 0 atom stereocenters. The maximum Gasteiger partial charge on any atom is 0.238 e. The number of nitrogens with two attached hydrogens (primary N) is 1. The molecule has 1 aliphatic rings. The third kappa shape index (κ3) is 3.91. The summed E-state index contributed by atoms with van der Waals surface area (Å²) in [5.41, 5.74) is 6.26. The molecule has 0 aromatic heterocycles. The molecular weight excluding hydrogens is 261 g/mol. The van der Waals surface area contributed by atoms with E-state index in [2.05, 4.69) is 5.32 Å². The van der Waals surface area contributed by atoms with E-state index in [9.17, 15) is 14.3 Å². The Morgan fingerprint density at radius 2 is 2.25 bits per heavy atom. The fourth-order valence-electron chi connectivity index (χ4n) is 2.44. The van der Waals surface area contributed by atoms with Gasteiger partial charge in [-0.3, -0.25) is 9.69 Å². The van der Waals surface area contributed by atoms with Crippen molar-refractivity contribution in [2.45, 2.75) is 18.9 Å². The predicted molar refractivity (Wildman–Crippen MR) is 75.7 cm³/mol. The number of carbonyl (C=O) groups is 1. The molecule has 0 unspecified atom stereocenters. The van der Waals surface area contributed by atoms with Gasteiger partial charge in [-0.2, -0.15) is 0 Å². The van der Waals surface area contributed by atoms with Crippen LogP contribution in [0.2, 0.25) is 0 Å². The molecule has 0 bridgehead atoms. The number of nitrogen functional groups attached to an aromatic ring is 1. The van der Waals surface area contributed by atoms with Crippen LogP contribution in [-0.4, -0.2) is 42.2 Å². The number of nitrogens with one attached hydrogen (secondary N) is 1. The Kier molecular flexibility index (Phi) is 4.57. The summed E-state index contributed by atoms with van der Waals surface area (Å²) < 4.78 is 12.9. The zero-order valence-electron chi connectivity index (χ0n) is 11.5. The first-order valence-electron chi connectivity index (χ1n) is 6.65. The Morgan fingerprint density at radius 1 is 1.55 bits per heavy atom. The number of amides is 1. The summed E-state index contributed by atoms with van der Waals surface area (Å²) in [4.78, 5) is 13.8. The summed E-state index contributed by atoms with van der Waals surface area (Å²) in [5.74, 6) is -0.162. The quantitative estimate of drug-likeness (QED) is 0.705. The third-order valence-corrected chi connectivity index (χ3v) is 3.48. The lowest BCUT2D eigenvalue weighted by Gasteiger charge is -2.34. The van der Waals surface area contributed by atoms with E-state index in [-0.39, 0.29) is 24.2 Å². The summed E-state index contributed by atoms with van der Waals surface area (Å²) in [6.45, 7) is 1.02. The summed E-state index contributed by atoms with van der Waals surface area (Å²) in [6.07, 6.45) is 1.43. The molecular formula is C14H20FN3O2. The number of aliphatic hydroxyl groups excluding tert-OH is 1. The fraction of sp³-hybridized carbons (Fsp3) is 0.500. The van der Waals surface area contributed by atoms with Gasteiger partial charge in [-0.1, -0.05) is 0 Å². The lowest BCUT2D eigenvalue weighted by atomic mass is 9.82. The number of nitrogens with zero attached hydrogens (tertiary/aromatic N) is 1. The van der Waals surface area contributed by atoms with E-state index in [4.69, 9.17) is 5.73 Å². The van der Waals surface area contributed by atoms with E-state index >= 15 is 0 Å². The highest BCUT2D eigenvalue weighted by Crippen LogP contribution is 2.27. The van der Waals surface area contributed by atoms with E-state index in [0.29, 0.717) is 11.6 Å². The lowest BCUT2D eigenvalue weighted by molar-refractivity contribution is -0.117. The largest absolute Gasteiger partial charge is 0.397 e. The Bertz CT molecular complexity index is 489. The minimum Gasteiger partial charge on any atom is -0.397 e. The number of likely N-dealkylation sites (N-methyl/N-ethyl adjacent to an activating group) is 1. The van der Waals surface area contributed by atoms with Crippen molar-refractivity contribution in [1.82, 2.24) is 4.90 Å². The van der Waals surface area contributed by atoms with Crippen molar-refractivity contribution in [1.29, 1.82) is 0 Å². The van der Waals surface area contributed by atoms with Crippen molar-refractivity contribution < 1.29 is 14.3 Å². The standard InChI is InChI=1S/C14H20FN3O2/c1-18(7-9-4-11(19)5-9)8-14(20)17-13-3-2-10(15)6-12(13)16/h2-3,6,9,11,19H,4-5,7-8,16H2,1H3,(H,17,20). The third-order valence-electron chi connectivity index (χ3n) is 3.48. The van der Waals surface area contributed by atoms with Gasteiger partial charge in [0.15, 0.2) is 0 Å². The summed E-state index contributed by atoms with van der Waals surface area (Å²) in [6, 6.07) is 3.88. The maximum absolute atomic E-state index is 12.9. The van der Waals surface area contributed by atoms with Crippen molar-refractivity contribution in [3.8, 4) is 0 Å². The fourth-order valence-corrected chi connectivity index (χ4v) is 2.44. The zero-order chi connectivity index (χ0) is 14.7. The highest BCUT2D eigenvalue weighted by Gasteiger charge is 2.28. The van der Waals surface area contributed by atoms with Gasteiger partial charge < -0.3 is 16.2 Å². The van der Waals surface area contributed by atoms with Gasteiger partial charge in [-0.25, -0.2) is 4.39 Å². The number of hydrogen-bond acceptors (Lipinski definition) is 4. The van der Waals surface area contributed by atoms with Crippen LogP contribution in [0.15, 0.2) is 18.2 Å². The Balaban J connectivity index is 1.79. The van der Waals surface area contributed by atoms with Crippen molar-refractivity contribution in [2.24, 2.45) is 5.92 Å². The molecule has 1 amide bonds. The molecule has 6 heteroatoms. The molecule has 5 nitrogen and oxygen atoms in total. The van der Waals surface area contributed by atoms with Crippen LogP contribution in [-0.2, 0) is 4.79 Å². The van der Waals surface area contributed by atoms with Gasteiger partial charge in [0.05, 0.1) is 24.0 Å². The minimum atomic E-state index is -0.429. The smallest absolute Gasteiger partial charge is 0.238 e. The molecule has 1 aromatic carbocycles. The van der Waals surface area contributed by atoms with Gasteiger partial charge in [0.1, 0.15) is 5.82 Å². The molecule has 0 heterocycles. The predicted octanol–water partition coefficient (Wildman–Crippen LogP) is 1.05. The Morgan fingerprint density at radius 3 is 2.85 bits per heavy atom. The molecule has 1 aliphatic carbocycles. The molecule has 1 aromatic rings. The molecule has 4 N–H and O–H groups in total. The molecule has 0 spiro atoms. The first kappa shape index (κ1) is 14.7. The number of rotatable bonds is 5. The molecule has 1 saturated carbocycles. The second kappa shape index (κ2) is 6.19. The average Bonchev–Trinajstić information content (AvgIpc) is 2.30. The van der Waals surface area contributed by atoms with Crippen molar-refractivity contribution in [3.05, 3.63) is 24.0 Å². The molecule has 1 fully saturated rings. The summed E-state index contributed by atoms with van der Waals surface area (Å²) in [5, 5.41) is 11.9. The second-order valence-corrected chi connectivity index (χ2v) is 5.47.